The molecule has 4 aromatic rings. The Bertz CT molecular complexity index is 2480. The first-order valence-corrected chi connectivity index (χ1v) is 26.2. The number of hydrogen-bond donors (Lipinski definition) is 0. The van der Waals surface area contributed by atoms with Gasteiger partial charge in [-0.3, -0.25) is 14.6 Å². The third-order valence-electron chi connectivity index (χ3n) is 13.2. The summed E-state index contributed by atoms with van der Waals surface area (Å²) in [4.78, 5) is 31.4. The number of halogens is 3. The standard InChI is InChI=1S/C50H58Cl3N3O10Si/c1-30-20-35-21-37-38(23-54)55(39(26-60-32(3)57)36-22-41(31(2)45-46(36)65-29-64-45)61-24-33-16-12-10-13-17-33)40(27-66-67(8,9)49(4,5)6)43(56(37)48(58)63-28-50(51,52)53)42(35)47(44(30)59-7)62-25-34-18-14-11-15-19-34/h10-20,22,37-40,43H,21,24-29H2,1-9H3/t37?,38-,39-,40-,43-/m0/s1. The molecule has 13 nitrogen and oxygen atoms in total. The molecular formula is C50H58Cl3N3O10Si. The molecule has 0 aromatic heterocycles. The fraction of sp³-hybridized carbons (Fsp3) is 0.460. The Hall–Kier alpha value is -4.88. The van der Waals surface area contributed by atoms with Crippen molar-refractivity contribution in [2.24, 2.45) is 0 Å². The van der Waals surface area contributed by atoms with Gasteiger partial charge < -0.3 is 37.6 Å². The van der Waals surface area contributed by atoms with E-state index >= 15 is 0 Å². The number of benzene rings is 4. The van der Waals surface area contributed by atoms with E-state index in [2.05, 4.69) is 39.9 Å². The molecule has 0 aliphatic carbocycles. The van der Waals surface area contributed by atoms with E-state index in [-0.39, 0.29) is 44.7 Å². The van der Waals surface area contributed by atoms with E-state index < -0.39 is 61.0 Å². The quantitative estimate of drug-likeness (QED) is 0.0636. The van der Waals surface area contributed by atoms with Gasteiger partial charge in [0.25, 0.3) is 0 Å². The van der Waals surface area contributed by atoms with Crippen LogP contribution < -0.4 is 23.7 Å². The number of carbonyl (C=O) groups is 2. The number of alkyl halides is 3. The highest BCUT2D eigenvalue weighted by Gasteiger charge is 2.58. The maximum absolute atomic E-state index is 14.9. The molecule has 0 spiro atoms. The van der Waals surface area contributed by atoms with Crippen LogP contribution in [-0.4, -0.2) is 85.8 Å². The van der Waals surface area contributed by atoms with Gasteiger partial charge in [0.15, 0.2) is 31.3 Å². The van der Waals surface area contributed by atoms with E-state index in [1.54, 1.807) is 12.0 Å². The Labute approximate surface area is 409 Å². The zero-order valence-corrected chi connectivity index (χ0v) is 42.6. The van der Waals surface area contributed by atoms with Gasteiger partial charge in [0.1, 0.15) is 38.2 Å². The maximum Gasteiger partial charge on any atom is 0.410 e. The maximum atomic E-state index is 14.9. The van der Waals surface area contributed by atoms with Crippen molar-refractivity contribution in [3.05, 3.63) is 112 Å². The van der Waals surface area contributed by atoms with Crippen molar-refractivity contribution in [2.45, 2.75) is 113 Å². The minimum atomic E-state index is -2.60. The Morgan fingerprint density at radius 3 is 2.12 bits per heavy atom. The SMILES string of the molecule is COc1c(C)cc2c(c1OCc1ccccc1)[C@@H]1[C@H](CO[Si](C)(C)C(C)(C)C)N([C@@H](COC(C)=O)c3cc(OCc4ccccc4)c(C)c4c3OCO4)[C@@H](C#N)C(C2)N1C(=O)OCC(Cl)(Cl)Cl. The van der Waals surface area contributed by atoms with E-state index in [0.717, 1.165) is 22.3 Å². The van der Waals surface area contributed by atoms with Gasteiger partial charge in [0, 0.05) is 23.6 Å². The van der Waals surface area contributed by atoms with E-state index in [9.17, 15) is 14.9 Å². The monoisotopic (exact) mass is 993 g/mol. The van der Waals surface area contributed by atoms with Crippen LogP contribution in [0.5, 0.6) is 28.7 Å². The fourth-order valence-corrected chi connectivity index (χ4v) is 10.1. The molecule has 0 radical (unpaired) electrons. The summed E-state index contributed by atoms with van der Waals surface area (Å²) in [5.41, 5.74) is 5.40. The highest BCUT2D eigenvalue weighted by atomic mass is 35.6. The molecule has 0 saturated carbocycles. The summed E-state index contributed by atoms with van der Waals surface area (Å²) in [7, 11) is -1.03. The van der Waals surface area contributed by atoms with Crippen molar-refractivity contribution in [3.8, 4) is 34.8 Å². The van der Waals surface area contributed by atoms with E-state index in [1.807, 2.05) is 91.5 Å². The number of aryl methyl sites for hydroxylation is 1. The minimum absolute atomic E-state index is 0.00734. The van der Waals surface area contributed by atoms with Gasteiger partial charge >= 0.3 is 12.1 Å². The number of hydrogen-bond acceptors (Lipinski definition) is 12. The third kappa shape index (κ3) is 10.7. The number of methoxy groups -OCH3 is 1. The lowest BCUT2D eigenvalue weighted by Crippen LogP contribution is -2.70. The van der Waals surface area contributed by atoms with E-state index in [4.69, 9.17) is 72.4 Å². The first kappa shape index (κ1) is 50.0. The van der Waals surface area contributed by atoms with Gasteiger partial charge in [-0.25, -0.2) is 4.79 Å². The van der Waals surface area contributed by atoms with Gasteiger partial charge in [-0.15, -0.1) is 0 Å². The number of esters is 1. The summed E-state index contributed by atoms with van der Waals surface area (Å²) in [6.45, 7) is 15.4. The van der Waals surface area contributed by atoms with Crippen molar-refractivity contribution in [1.82, 2.24) is 9.80 Å². The zero-order valence-electron chi connectivity index (χ0n) is 39.3. The molecule has 67 heavy (non-hydrogen) atoms. The Kier molecular flexibility index (Phi) is 15.2. The predicted molar refractivity (Wildman–Crippen MR) is 258 cm³/mol. The molecule has 1 fully saturated rings. The highest BCUT2D eigenvalue weighted by Crippen LogP contribution is 2.55. The predicted octanol–water partition coefficient (Wildman–Crippen LogP) is 10.9. The summed E-state index contributed by atoms with van der Waals surface area (Å²) < 4.78 is 48.9. The van der Waals surface area contributed by atoms with Crippen LogP contribution in [-0.2, 0) is 38.3 Å². The van der Waals surface area contributed by atoms with E-state index in [0.29, 0.717) is 45.4 Å². The highest BCUT2D eigenvalue weighted by molar-refractivity contribution is 6.74. The number of nitrogens with zero attached hydrogens (tertiary/aromatic N) is 3. The number of fused-ring (bicyclic) bond motifs is 5. The van der Waals surface area contributed by atoms with Crippen molar-refractivity contribution in [3.63, 3.8) is 0 Å². The molecule has 7 rings (SSSR count). The second-order valence-corrected chi connectivity index (χ2v) is 25.9. The molecule has 3 aliphatic rings. The number of amides is 1. The Balaban J connectivity index is 1.49. The van der Waals surface area contributed by atoms with Crippen LogP contribution in [0.2, 0.25) is 18.1 Å². The molecule has 3 aliphatic heterocycles. The van der Waals surface area contributed by atoms with Crippen molar-refractivity contribution < 1.29 is 47.2 Å². The Morgan fingerprint density at radius 2 is 1.54 bits per heavy atom. The number of piperazine rings is 1. The van der Waals surface area contributed by atoms with Crippen molar-refractivity contribution in [1.29, 1.82) is 5.26 Å². The topological polar surface area (TPSA) is 138 Å². The van der Waals surface area contributed by atoms with Gasteiger partial charge in [-0.1, -0.05) is 122 Å². The van der Waals surface area contributed by atoms with Crippen LogP contribution in [0.3, 0.4) is 0 Å². The largest absolute Gasteiger partial charge is 0.493 e. The first-order chi connectivity index (χ1) is 31.7. The molecule has 2 bridgehead atoms. The normalized spacial score (nSPS) is 19.5. The smallest absolute Gasteiger partial charge is 0.410 e. The third-order valence-corrected chi connectivity index (χ3v) is 18.0. The summed E-state index contributed by atoms with van der Waals surface area (Å²) in [5.74, 6) is 1.74. The van der Waals surface area contributed by atoms with E-state index in [1.165, 1.54) is 6.92 Å². The van der Waals surface area contributed by atoms with Crippen molar-refractivity contribution >= 4 is 55.2 Å². The van der Waals surface area contributed by atoms with Gasteiger partial charge in [-0.2, -0.15) is 5.26 Å². The summed E-state index contributed by atoms with van der Waals surface area (Å²) >= 11 is 18.6. The lowest BCUT2D eigenvalue weighted by Gasteiger charge is -2.58. The van der Waals surface area contributed by atoms with Crippen LogP contribution >= 0.6 is 34.8 Å². The second kappa shape index (κ2) is 20.4. The van der Waals surface area contributed by atoms with Crippen LogP contribution in [0, 0.1) is 25.2 Å². The lowest BCUT2D eigenvalue weighted by atomic mass is 9.76. The lowest BCUT2D eigenvalue weighted by molar-refractivity contribution is -0.146. The Morgan fingerprint density at radius 1 is 0.910 bits per heavy atom. The molecule has 5 atom stereocenters. The van der Waals surface area contributed by atoms with Crippen LogP contribution in [0.25, 0.3) is 0 Å². The van der Waals surface area contributed by atoms with Gasteiger partial charge in [-0.05, 0) is 66.7 Å². The number of ether oxygens (including phenoxy) is 7. The van der Waals surface area contributed by atoms with Crippen molar-refractivity contribution in [2.75, 3.05) is 33.7 Å². The molecule has 1 unspecified atom stereocenters. The zero-order chi connectivity index (χ0) is 48.4. The van der Waals surface area contributed by atoms with Gasteiger partial charge in [0.2, 0.25) is 10.6 Å². The molecule has 4 aromatic carbocycles. The average molecular weight is 995 g/mol. The molecular weight excluding hydrogens is 937 g/mol. The molecule has 17 heteroatoms. The minimum Gasteiger partial charge on any atom is -0.493 e. The molecule has 0 N–H and O–H groups in total. The summed E-state index contributed by atoms with van der Waals surface area (Å²) in [5, 5.41) is 11.4. The van der Waals surface area contributed by atoms with Crippen LogP contribution in [0.15, 0.2) is 72.8 Å². The molecule has 1 amide bonds. The number of carbonyl (C=O) groups excluding carboxylic acids is 2. The second-order valence-electron chi connectivity index (χ2n) is 18.6. The van der Waals surface area contributed by atoms with Crippen LogP contribution in [0.1, 0.15) is 78.7 Å². The molecule has 1 saturated heterocycles. The number of rotatable bonds is 15. The first-order valence-electron chi connectivity index (χ1n) is 22.2. The summed E-state index contributed by atoms with van der Waals surface area (Å²) in [6, 6.07) is 21.3. The summed E-state index contributed by atoms with van der Waals surface area (Å²) in [6.07, 6.45) is -0.623. The fourth-order valence-electron chi connectivity index (χ4n) is 8.95. The van der Waals surface area contributed by atoms with Gasteiger partial charge in [0.05, 0.1) is 44.0 Å². The average Bonchev–Trinajstić information content (AvgIpc) is 3.78. The molecule has 3 heterocycles. The molecule has 358 valence electrons. The number of nitriles is 1. The van der Waals surface area contributed by atoms with Crippen LogP contribution in [0.4, 0.5) is 4.79 Å².